The molecule has 10 nitrogen and oxygen atoms in total. The lowest BCUT2D eigenvalue weighted by Crippen LogP contribution is -2.59. The highest BCUT2D eigenvalue weighted by molar-refractivity contribution is 5.98. The Morgan fingerprint density at radius 1 is 1.12 bits per heavy atom. The van der Waals surface area contributed by atoms with E-state index < -0.39 is 59.6 Å². The molecule has 3 fully saturated rings. The predicted molar refractivity (Wildman–Crippen MR) is 189 cm³/mol. The summed E-state index contributed by atoms with van der Waals surface area (Å²) in [5, 5.41) is 13.7. The SMILES string of the molecule is C=CCCC(=O)N[C@H](C)[C@@H](OC(=O)[C@@H]1[C@H]2C(=O)N([C@@H](CO)Cc3ccccc3)[C@H](C(=O)N(CC=C)CCCC)[C@]23CC[C@H]1O3)c1ccccc1. The van der Waals surface area contributed by atoms with Crippen molar-refractivity contribution in [2.45, 2.75) is 94.7 Å². The van der Waals surface area contributed by atoms with E-state index in [4.69, 9.17) is 9.47 Å². The van der Waals surface area contributed by atoms with Crippen LogP contribution in [-0.2, 0) is 35.1 Å². The van der Waals surface area contributed by atoms with Crippen LogP contribution in [0, 0.1) is 11.8 Å². The molecule has 2 bridgehead atoms. The zero-order chi connectivity index (χ0) is 35.8. The van der Waals surface area contributed by atoms with Crippen molar-refractivity contribution in [3.05, 3.63) is 97.1 Å². The molecule has 3 aliphatic rings. The zero-order valence-electron chi connectivity index (χ0n) is 29.2. The van der Waals surface area contributed by atoms with Crippen LogP contribution in [-0.4, -0.2) is 88.1 Å². The number of esters is 1. The first-order valence-electron chi connectivity index (χ1n) is 17.9. The van der Waals surface area contributed by atoms with Gasteiger partial charge in [0.05, 0.1) is 36.6 Å². The van der Waals surface area contributed by atoms with Gasteiger partial charge in [-0.1, -0.05) is 86.2 Å². The predicted octanol–water partition coefficient (Wildman–Crippen LogP) is 4.53. The summed E-state index contributed by atoms with van der Waals surface area (Å²) in [5.74, 6) is -3.40. The van der Waals surface area contributed by atoms with Crippen molar-refractivity contribution in [1.29, 1.82) is 0 Å². The van der Waals surface area contributed by atoms with Gasteiger partial charge >= 0.3 is 5.97 Å². The van der Waals surface area contributed by atoms with Crippen molar-refractivity contribution in [2.75, 3.05) is 19.7 Å². The molecule has 0 saturated carbocycles. The Bertz CT molecular complexity index is 1520. The number of ether oxygens (including phenoxy) is 2. The third kappa shape index (κ3) is 7.42. The summed E-state index contributed by atoms with van der Waals surface area (Å²) >= 11 is 0. The number of unbranched alkanes of at least 4 members (excludes halogenated alkanes) is 1. The minimum Gasteiger partial charge on any atom is -0.455 e. The van der Waals surface area contributed by atoms with Gasteiger partial charge in [-0.25, -0.2) is 0 Å². The fourth-order valence-corrected chi connectivity index (χ4v) is 8.08. The Morgan fingerprint density at radius 3 is 2.46 bits per heavy atom. The Kier molecular flexibility index (Phi) is 12.3. The van der Waals surface area contributed by atoms with Crippen molar-refractivity contribution in [3.63, 3.8) is 0 Å². The fourth-order valence-electron chi connectivity index (χ4n) is 8.08. The zero-order valence-corrected chi connectivity index (χ0v) is 29.2. The van der Waals surface area contributed by atoms with Gasteiger partial charge in [0.1, 0.15) is 17.7 Å². The number of likely N-dealkylation sites (tertiary alicyclic amines) is 1. The molecule has 3 aliphatic heterocycles. The molecule has 8 atom stereocenters. The number of fused-ring (bicyclic) bond motifs is 1. The highest BCUT2D eigenvalue weighted by Gasteiger charge is 2.75. The van der Waals surface area contributed by atoms with Gasteiger partial charge in [-0.2, -0.15) is 0 Å². The topological polar surface area (TPSA) is 125 Å². The first-order valence-corrected chi connectivity index (χ1v) is 17.9. The fraction of sp³-hybridized carbons (Fsp3) is 0.500. The van der Waals surface area contributed by atoms with Crippen LogP contribution < -0.4 is 5.32 Å². The maximum Gasteiger partial charge on any atom is 0.313 e. The summed E-state index contributed by atoms with van der Waals surface area (Å²) in [5.41, 5.74) is 0.346. The summed E-state index contributed by atoms with van der Waals surface area (Å²) < 4.78 is 13.0. The quantitative estimate of drug-likeness (QED) is 0.175. The third-order valence-corrected chi connectivity index (χ3v) is 10.4. The molecule has 1 spiro atoms. The number of carbonyl (C=O) groups excluding carboxylic acids is 4. The summed E-state index contributed by atoms with van der Waals surface area (Å²) in [6.45, 7) is 11.8. The van der Waals surface area contributed by atoms with Gasteiger partial charge in [0.25, 0.3) is 0 Å². The lowest BCUT2D eigenvalue weighted by molar-refractivity contribution is -0.162. The van der Waals surface area contributed by atoms with E-state index in [9.17, 15) is 24.3 Å². The van der Waals surface area contributed by atoms with Crippen LogP contribution >= 0.6 is 0 Å². The van der Waals surface area contributed by atoms with Crippen molar-refractivity contribution in [2.24, 2.45) is 11.8 Å². The Morgan fingerprint density at radius 2 is 1.82 bits per heavy atom. The maximum atomic E-state index is 14.8. The maximum absolute atomic E-state index is 14.8. The van der Waals surface area contributed by atoms with Gasteiger partial charge in [0.2, 0.25) is 17.7 Å². The molecule has 3 heterocycles. The molecule has 2 aromatic carbocycles. The molecular formula is C40H51N3O7. The molecule has 0 aliphatic carbocycles. The second-order valence-corrected chi connectivity index (χ2v) is 13.7. The molecule has 0 aromatic heterocycles. The van der Waals surface area contributed by atoms with E-state index in [0.29, 0.717) is 44.3 Å². The van der Waals surface area contributed by atoms with E-state index in [2.05, 4.69) is 18.5 Å². The lowest BCUT2D eigenvalue weighted by Gasteiger charge is -2.39. The number of hydrogen-bond acceptors (Lipinski definition) is 7. The first-order chi connectivity index (χ1) is 24.2. The van der Waals surface area contributed by atoms with Crippen molar-refractivity contribution < 1.29 is 33.8 Å². The Balaban J connectivity index is 1.50. The Hall–Kier alpha value is -4.28. The average molecular weight is 686 g/mol. The molecule has 3 amide bonds. The summed E-state index contributed by atoms with van der Waals surface area (Å²) in [4.78, 5) is 59.8. The van der Waals surface area contributed by atoms with Crippen molar-refractivity contribution in [1.82, 2.24) is 15.1 Å². The van der Waals surface area contributed by atoms with E-state index in [0.717, 1.165) is 18.4 Å². The number of carbonyl (C=O) groups is 4. The summed E-state index contributed by atoms with van der Waals surface area (Å²) in [7, 11) is 0. The summed E-state index contributed by atoms with van der Waals surface area (Å²) in [6.07, 6.45) is 5.52. The molecule has 3 saturated heterocycles. The van der Waals surface area contributed by atoms with E-state index in [-0.39, 0.29) is 24.8 Å². The third-order valence-electron chi connectivity index (χ3n) is 10.4. The number of amides is 3. The van der Waals surface area contributed by atoms with Crippen molar-refractivity contribution >= 4 is 23.7 Å². The number of rotatable bonds is 18. The molecular weight excluding hydrogens is 634 g/mol. The molecule has 268 valence electrons. The van der Waals surface area contributed by atoms with Crippen molar-refractivity contribution in [3.8, 4) is 0 Å². The normalized spacial score (nSPS) is 25.3. The minimum atomic E-state index is -1.26. The largest absolute Gasteiger partial charge is 0.455 e. The summed E-state index contributed by atoms with van der Waals surface area (Å²) in [6, 6.07) is 16.4. The van der Waals surface area contributed by atoms with Crippen LogP contribution in [0.2, 0.25) is 0 Å². The van der Waals surface area contributed by atoms with Gasteiger partial charge in [-0.3, -0.25) is 19.2 Å². The second-order valence-electron chi connectivity index (χ2n) is 13.7. The monoisotopic (exact) mass is 685 g/mol. The van der Waals surface area contributed by atoms with Gasteiger partial charge in [-0.15, -0.1) is 13.2 Å². The number of nitrogens with one attached hydrogen (secondary N) is 1. The molecule has 0 radical (unpaired) electrons. The molecule has 2 N–H and O–H groups in total. The van der Waals surface area contributed by atoms with Crippen LogP contribution in [0.3, 0.4) is 0 Å². The Labute approximate surface area is 295 Å². The molecule has 10 heteroatoms. The smallest absolute Gasteiger partial charge is 0.313 e. The van der Waals surface area contributed by atoms with E-state index >= 15 is 0 Å². The van der Waals surface area contributed by atoms with Gasteiger partial charge in [0.15, 0.2) is 0 Å². The first kappa shape index (κ1) is 37.0. The number of aliphatic hydroxyl groups excluding tert-OH is 1. The number of allylic oxidation sites excluding steroid dienone is 1. The molecule has 2 aromatic rings. The highest BCUT2D eigenvalue weighted by Crippen LogP contribution is 2.59. The average Bonchev–Trinajstić information content (AvgIpc) is 3.78. The minimum absolute atomic E-state index is 0.194. The van der Waals surface area contributed by atoms with Crippen LogP contribution in [0.4, 0.5) is 0 Å². The highest BCUT2D eigenvalue weighted by atomic mass is 16.6. The van der Waals surface area contributed by atoms with Crippen LogP contribution in [0.25, 0.3) is 0 Å². The van der Waals surface area contributed by atoms with Crippen LogP contribution in [0.15, 0.2) is 86.0 Å². The molecule has 50 heavy (non-hydrogen) atoms. The van der Waals surface area contributed by atoms with E-state index in [1.807, 2.05) is 67.6 Å². The van der Waals surface area contributed by atoms with Crippen LogP contribution in [0.1, 0.15) is 69.6 Å². The lowest BCUT2D eigenvalue weighted by atomic mass is 9.70. The number of hydrogen-bond donors (Lipinski definition) is 2. The number of nitrogens with zero attached hydrogens (tertiary/aromatic N) is 2. The van der Waals surface area contributed by atoms with Gasteiger partial charge in [-0.05, 0) is 50.2 Å². The molecule has 5 rings (SSSR count). The standard InChI is InChI=1S/C40H51N3O7/c1-5-8-20-32(45)41-27(4)35(29-18-14-11-15-19-29)49-39(48)33-31-21-22-40(50-31)34(33)37(46)43(30(26-44)25-28-16-12-10-13-17-28)36(40)38(47)42(23-7-3)24-9-6-2/h5,7,10-19,27,30-31,33-36,44H,1,3,6,8-9,20-26H2,2,4H3,(H,41,45)/t27-,30-,31-,33+,34+,35-,36-,40+/m1/s1. The van der Waals surface area contributed by atoms with E-state index in [1.54, 1.807) is 24.0 Å². The number of aliphatic hydroxyl groups is 1. The molecule has 0 unspecified atom stereocenters. The van der Waals surface area contributed by atoms with E-state index in [1.165, 1.54) is 4.90 Å². The number of benzene rings is 2. The van der Waals surface area contributed by atoms with Gasteiger partial charge < -0.3 is 29.7 Å². The van der Waals surface area contributed by atoms with Crippen LogP contribution in [0.5, 0.6) is 0 Å². The van der Waals surface area contributed by atoms with Gasteiger partial charge in [0, 0.05) is 19.5 Å². The second kappa shape index (κ2) is 16.6.